The van der Waals surface area contributed by atoms with Gasteiger partial charge in [-0.2, -0.15) is 0 Å². The molecule has 0 N–H and O–H groups in total. The second-order valence-corrected chi connectivity index (χ2v) is 6.87. The summed E-state index contributed by atoms with van der Waals surface area (Å²) < 4.78 is 17.5. The van der Waals surface area contributed by atoms with Crippen molar-refractivity contribution >= 4 is 16.8 Å². The largest absolute Gasteiger partial charge is 0.468 e. The van der Waals surface area contributed by atoms with Crippen LogP contribution in [0.5, 0.6) is 0 Å². The van der Waals surface area contributed by atoms with Crippen molar-refractivity contribution in [1.29, 1.82) is 0 Å². The Morgan fingerprint density at radius 1 is 1.35 bits per heavy atom. The number of fused-ring (bicyclic) bond motifs is 1. The van der Waals surface area contributed by atoms with Crippen molar-refractivity contribution in [1.82, 2.24) is 0 Å². The van der Waals surface area contributed by atoms with Crippen LogP contribution in [0.15, 0.2) is 23.1 Å². The number of methoxy groups -OCH3 is 1. The number of benzene rings is 1. The summed E-state index contributed by atoms with van der Waals surface area (Å²) in [6.45, 7) is 2.06. The molecule has 2 unspecified atom stereocenters. The van der Waals surface area contributed by atoms with E-state index in [4.69, 9.17) is 4.74 Å². The monoisotopic (exact) mass is 294 g/mol. The summed E-state index contributed by atoms with van der Waals surface area (Å²) in [6.07, 6.45) is 5.82. The Morgan fingerprint density at radius 2 is 2.10 bits per heavy atom. The predicted molar refractivity (Wildman–Crippen MR) is 80.2 cm³/mol. The number of carbonyl (C=O) groups excluding carboxylic acids is 1. The molecule has 0 spiro atoms. The Balaban J connectivity index is 2.20. The zero-order chi connectivity index (χ0) is 14.5. The van der Waals surface area contributed by atoms with Crippen LogP contribution in [0.1, 0.15) is 43.7 Å². The average molecular weight is 294 g/mol. The number of hydrogen-bond donors (Lipinski definition) is 0. The predicted octanol–water partition coefficient (Wildman–Crippen LogP) is 3.01. The smallest absolute Gasteiger partial charge is 0.321 e. The number of rotatable bonds is 6. The first-order chi connectivity index (χ1) is 9.67. The third-order valence-electron chi connectivity index (χ3n) is 3.84. The van der Waals surface area contributed by atoms with Crippen molar-refractivity contribution in [3.8, 4) is 0 Å². The summed E-state index contributed by atoms with van der Waals surface area (Å²) in [5.74, 6) is -0.364. The first-order valence-corrected chi connectivity index (χ1v) is 8.49. The van der Waals surface area contributed by atoms with Gasteiger partial charge in [-0.15, -0.1) is 0 Å². The van der Waals surface area contributed by atoms with Crippen LogP contribution >= 0.6 is 0 Å². The molecule has 3 nitrogen and oxygen atoms in total. The molecule has 0 fully saturated rings. The number of aryl methyl sites for hydroxylation is 2. The molecule has 0 bridgehead atoms. The van der Waals surface area contributed by atoms with E-state index in [1.54, 1.807) is 0 Å². The van der Waals surface area contributed by atoms with Crippen molar-refractivity contribution < 1.29 is 13.7 Å². The fourth-order valence-corrected chi connectivity index (χ4v) is 4.11. The highest BCUT2D eigenvalue weighted by Crippen LogP contribution is 2.26. The van der Waals surface area contributed by atoms with Gasteiger partial charge in [0.25, 0.3) is 0 Å². The Hall–Kier alpha value is -1.16. The molecular formula is C16H22O3S. The van der Waals surface area contributed by atoms with E-state index < -0.39 is 16.0 Å². The highest BCUT2D eigenvalue weighted by Gasteiger charge is 2.27. The van der Waals surface area contributed by atoms with Crippen molar-refractivity contribution in [2.24, 2.45) is 0 Å². The highest BCUT2D eigenvalue weighted by atomic mass is 32.2. The molecule has 0 saturated carbocycles. The molecule has 2 rings (SSSR count). The maximum atomic E-state index is 12.7. The van der Waals surface area contributed by atoms with Gasteiger partial charge in [0.2, 0.25) is 0 Å². The van der Waals surface area contributed by atoms with Crippen LogP contribution in [0.4, 0.5) is 0 Å². The second-order valence-electron chi connectivity index (χ2n) is 5.24. The second kappa shape index (κ2) is 7.02. The Labute approximate surface area is 123 Å². The average Bonchev–Trinajstić information content (AvgIpc) is 2.94. The lowest BCUT2D eigenvalue weighted by molar-refractivity contribution is -0.140. The van der Waals surface area contributed by atoms with Crippen molar-refractivity contribution in [3.05, 3.63) is 29.3 Å². The molecule has 0 saturated heterocycles. The zero-order valence-corrected chi connectivity index (χ0v) is 13.0. The van der Waals surface area contributed by atoms with E-state index in [0.717, 1.165) is 30.6 Å². The van der Waals surface area contributed by atoms with Crippen LogP contribution in [-0.4, -0.2) is 22.5 Å². The lowest BCUT2D eigenvalue weighted by Crippen LogP contribution is -2.27. The summed E-state index contributed by atoms with van der Waals surface area (Å²) >= 11 is 0. The molecule has 4 heteroatoms. The quantitative estimate of drug-likeness (QED) is 0.758. The summed E-state index contributed by atoms with van der Waals surface area (Å²) in [5.41, 5.74) is 2.64. The zero-order valence-electron chi connectivity index (χ0n) is 12.2. The number of unbranched alkanes of at least 4 members (excludes halogenated alkanes) is 1. The molecule has 1 aromatic rings. The minimum absolute atomic E-state index is 0.364. The summed E-state index contributed by atoms with van der Waals surface area (Å²) in [7, 11) is 0.0427. The lowest BCUT2D eigenvalue weighted by Gasteiger charge is -2.14. The van der Waals surface area contributed by atoms with Gasteiger partial charge >= 0.3 is 5.97 Å². The molecule has 20 heavy (non-hydrogen) atoms. The van der Waals surface area contributed by atoms with Crippen LogP contribution in [0, 0.1) is 0 Å². The van der Waals surface area contributed by atoms with E-state index in [-0.39, 0.29) is 5.97 Å². The fraction of sp³-hybridized carbons (Fsp3) is 0.562. The van der Waals surface area contributed by atoms with E-state index in [9.17, 15) is 9.00 Å². The molecule has 0 aliphatic heterocycles. The highest BCUT2D eigenvalue weighted by molar-refractivity contribution is 7.86. The number of carbonyl (C=O) groups is 1. The van der Waals surface area contributed by atoms with E-state index in [1.807, 2.05) is 12.1 Å². The third-order valence-corrected chi connectivity index (χ3v) is 5.51. The molecule has 1 aliphatic rings. The third kappa shape index (κ3) is 3.29. The molecule has 0 heterocycles. The summed E-state index contributed by atoms with van der Waals surface area (Å²) in [5, 5.41) is -0.542. The van der Waals surface area contributed by atoms with Crippen molar-refractivity contribution in [2.75, 3.05) is 7.11 Å². The standard InChI is InChI=1S/C16H22O3S/c1-3-4-8-15(16(17)19-2)20(18)14-10-9-12-6-5-7-13(12)11-14/h9-11,15H,3-8H2,1-2H3. The molecule has 1 aliphatic carbocycles. The fourth-order valence-electron chi connectivity index (χ4n) is 2.67. The van der Waals surface area contributed by atoms with Gasteiger partial charge in [-0.25, -0.2) is 0 Å². The SMILES string of the molecule is CCCCC(C(=O)OC)S(=O)c1ccc2c(c1)CCC2. The minimum atomic E-state index is -1.32. The van der Waals surface area contributed by atoms with Gasteiger partial charge in [0.05, 0.1) is 17.9 Å². The molecular weight excluding hydrogens is 272 g/mol. The first-order valence-electron chi connectivity index (χ1n) is 7.27. The van der Waals surface area contributed by atoms with Gasteiger partial charge in [-0.1, -0.05) is 25.8 Å². The van der Waals surface area contributed by atoms with Crippen LogP contribution in [0.3, 0.4) is 0 Å². The maximum absolute atomic E-state index is 12.7. The van der Waals surface area contributed by atoms with Gasteiger partial charge in [0, 0.05) is 4.90 Å². The molecule has 110 valence electrons. The van der Waals surface area contributed by atoms with Gasteiger partial charge in [0.1, 0.15) is 5.25 Å². The number of hydrogen-bond acceptors (Lipinski definition) is 3. The summed E-state index contributed by atoms with van der Waals surface area (Å²) in [6, 6.07) is 5.98. The normalized spacial score (nSPS) is 16.5. The summed E-state index contributed by atoms with van der Waals surface area (Å²) in [4.78, 5) is 12.6. The van der Waals surface area contributed by atoms with Gasteiger partial charge in [0.15, 0.2) is 0 Å². The van der Waals surface area contributed by atoms with Crippen molar-refractivity contribution in [2.45, 2.75) is 55.6 Å². The molecule has 0 aromatic heterocycles. The molecule has 0 amide bonds. The van der Waals surface area contributed by atoms with Gasteiger partial charge < -0.3 is 4.74 Å². The first kappa shape index (κ1) is 15.2. The van der Waals surface area contributed by atoms with Crippen LogP contribution in [0.25, 0.3) is 0 Å². The Kier molecular flexibility index (Phi) is 5.35. The number of ether oxygens (including phenoxy) is 1. The van der Waals surface area contributed by atoms with Gasteiger partial charge in [-0.3, -0.25) is 9.00 Å². The minimum Gasteiger partial charge on any atom is -0.468 e. The number of esters is 1. The van der Waals surface area contributed by atoms with E-state index in [1.165, 1.54) is 24.7 Å². The molecule has 2 atom stereocenters. The molecule has 1 aromatic carbocycles. The van der Waals surface area contributed by atoms with E-state index in [0.29, 0.717) is 6.42 Å². The van der Waals surface area contributed by atoms with Crippen LogP contribution < -0.4 is 0 Å². The van der Waals surface area contributed by atoms with Crippen LogP contribution in [-0.2, 0) is 33.2 Å². The van der Waals surface area contributed by atoms with Gasteiger partial charge in [-0.05, 0) is 48.9 Å². The Morgan fingerprint density at radius 3 is 2.80 bits per heavy atom. The molecule has 0 radical (unpaired) electrons. The van der Waals surface area contributed by atoms with E-state index in [2.05, 4.69) is 13.0 Å². The Bertz CT molecular complexity index is 510. The van der Waals surface area contributed by atoms with E-state index >= 15 is 0 Å². The lowest BCUT2D eigenvalue weighted by atomic mass is 10.1. The van der Waals surface area contributed by atoms with Crippen molar-refractivity contribution in [3.63, 3.8) is 0 Å². The maximum Gasteiger partial charge on any atom is 0.321 e. The van der Waals surface area contributed by atoms with Crippen LogP contribution in [0.2, 0.25) is 0 Å². The topological polar surface area (TPSA) is 43.4 Å².